The highest BCUT2D eigenvalue weighted by Gasteiger charge is 2.51. The SMILES string of the molecule is CCOC(=O)C1=C(C)NC2=C(C(=O)[C@@H](C(=O)OCC)[C@H](c3ccccc3OC)C2)[C@@H]1c1ccccc1C(F)(F)F. The minimum atomic E-state index is -4.77. The summed E-state index contributed by atoms with van der Waals surface area (Å²) in [4.78, 5) is 40.8. The van der Waals surface area contributed by atoms with Gasteiger partial charge in [0, 0.05) is 28.8 Å². The summed E-state index contributed by atoms with van der Waals surface area (Å²) in [6, 6.07) is 11.7. The van der Waals surface area contributed by atoms with Crippen LogP contribution in [0.5, 0.6) is 5.75 Å². The van der Waals surface area contributed by atoms with Gasteiger partial charge < -0.3 is 19.5 Å². The van der Waals surface area contributed by atoms with Crippen LogP contribution in [0.15, 0.2) is 71.1 Å². The fraction of sp³-hybridized carbons (Fsp3) is 0.367. The molecule has 0 radical (unpaired) electrons. The molecule has 40 heavy (non-hydrogen) atoms. The first-order valence-electron chi connectivity index (χ1n) is 12.9. The molecule has 1 aliphatic carbocycles. The third kappa shape index (κ3) is 5.22. The fourth-order valence-electron chi connectivity index (χ4n) is 5.60. The third-order valence-corrected chi connectivity index (χ3v) is 7.17. The van der Waals surface area contributed by atoms with E-state index in [1.54, 1.807) is 45.0 Å². The highest BCUT2D eigenvalue weighted by Crippen LogP contribution is 2.51. The third-order valence-electron chi connectivity index (χ3n) is 7.17. The lowest BCUT2D eigenvalue weighted by Crippen LogP contribution is -2.43. The van der Waals surface area contributed by atoms with E-state index in [0.29, 0.717) is 17.0 Å². The second kappa shape index (κ2) is 11.6. The van der Waals surface area contributed by atoms with Gasteiger partial charge in [-0.15, -0.1) is 0 Å². The molecule has 0 saturated heterocycles. The van der Waals surface area contributed by atoms with E-state index in [9.17, 15) is 27.6 Å². The van der Waals surface area contributed by atoms with E-state index in [0.717, 1.165) is 6.07 Å². The number of rotatable bonds is 7. The molecule has 3 atom stereocenters. The second-order valence-corrected chi connectivity index (χ2v) is 9.44. The minimum Gasteiger partial charge on any atom is -0.496 e. The molecule has 0 spiro atoms. The van der Waals surface area contributed by atoms with Crippen molar-refractivity contribution in [1.29, 1.82) is 0 Å². The highest BCUT2D eigenvalue weighted by atomic mass is 19.4. The predicted octanol–water partition coefficient (Wildman–Crippen LogP) is 5.43. The van der Waals surface area contributed by atoms with Gasteiger partial charge in [-0.1, -0.05) is 36.4 Å². The van der Waals surface area contributed by atoms with Crippen LogP contribution in [0, 0.1) is 5.92 Å². The van der Waals surface area contributed by atoms with Gasteiger partial charge in [0.15, 0.2) is 5.78 Å². The quantitative estimate of drug-likeness (QED) is 0.359. The Morgan fingerprint density at radius 2 is 1.60 bits per heavy atom. The van der Waals surface area contributed by atoms with Crippen LogP contribution in [-0.2, 0) is 30.0 Å². The van der Waals surface area contributed by atoms with Gasteiger partial charge in [-0.2, -0.15) is 13.2 Å². The van der Waals surface area contributed by atoms with Crippen LogP contribution >= 0.6 is 0 Å². The monoisotopic (exact) mass is 557 g/mol. The standard InChI is InChI=1S/C30H30F3NO6/c1-5-39-28(36)23-16(3)34-21-15-19(17-11-8-10-14-22(17)38-4)25(29(37)40-6-2)27(35)26(21)24(23)18-12-7-9-13-20(18)30(31,32)33/h7-14,19,24-25,34H,5-6,15H2,1-4H3/t19-,24+,25-/m0/s1. The summed E-state index contributed by atoms with van der Waals surface area (Å²) in [5, 5.41) is 3.09. The van der Waals surface area contributed by atoms with Crippen molar-refractivity contribution in [3.63, 3.8) is 0 Å². The first-order valence-corrected chi connectivity index (χ1v) is 12.9. The molecule has 0 bridgehead atoms. The van der Waals surface area contributed by atoms with E-state index in [2.05, 4.69) is 5.32 Å². The summed E-state index contributed by atoms with van der Waals surface area (Å²) < 4.78 is 58.7. The number of halogens is 3. The smallest absolute Gasteiger partial charge is 0.416 e. The minimum absolute atomic E-state index is 0.00116. The lowest BCUT2D eigenvalue weighted by atomic mass is 9.66. The van der Waals surface area contributed by atoms with Crippen molar-refractivity contribution in [2.24, 2.45) is 5.92 Å². The van der Waals surface area contributed by atoms with Crippen molar-refractivity contribution >= 4 is 17.7 Å². The average Bonchev–Trinajstić information content (AvgIpc) is 2.91. The Hall–Kier alpha value is -4.08. The highest BCUT2D eigenvalue weighted by molar-refractivity contribution is 6.13. The number of allylic oxidation sites excluding steroid dienone is 3. The predicted molar refractivity (Wildman–Crippen MR) is 139 cm³/mol. The number of esters is 2. The van der Waals surface area contributed by atoms with Crippen LogP contribution in [0.4, 0.5) is 13.2 Å². The Morgan fingerprint density at radius 1 is 0.975 bits per heavy atom. The number of carbonyl (C=O) groups excluding carboxylic acids is 3. The Morgan fingerprint density at radius 3 is 2.23 bits per heavy atom. The number of hydrogen-bond donors (Lipinski definition) is 1. The molecular formula is C30H30F3NO6. The van der Waals surface area contributed by atoms with Crippen LogP contribution < -0.4 is 10.1 Å². The maximum absolute atomic E-state index is 14.3. The maximum atomic E-state index is 14.3. The number of benzene rings is 2. The number of para-hydroxylation sites is 1. The van der Waals surface area contributed by atoms with Gasteiger partial charge in [0.05, 0.1) is 31.5 Å². The van der Waals surface area contributed by atoms with Crippen molar-refractivity contribution in [2.75, 3.05) is 20.3 Å². The zero-order valence-electron chi connectivity index (χ0n) is 22.6. The first kappa shape index (κ1) is 28.9. The topological polar surface area (TPSA) is 90.9 Å². The molecule has 0 saturated carbocycles. The molecule has 7 nitrogen and oxygen atoms in total. The van der Waals surface area contributed by atoms with Crippen molar-refractivity contribution in [1.82, 2.24) is 5.32 Å². The van der Waals surface area contributed by atoms with Gasteiger partial charge in [-0.05, 0) is 50.5 Å². The zero-order valence-corrected chi connectivity index (χ0v) is 22.6. The number of hydrogen-bond acceptors (Lipinski definition) is 7. The summed E-state index contributed by atoms with van der Waals surface area (Å²) in [7, 11) is 1.47. The number of nitrogens with one attached hydrogen (secondary N) is 1. The average molecular weight is 558 g/mol. The van der Waals surface area contributed by atoms with E-state index in [4.69, 9.17) is 14.2 Å². The Kier molecular flexibility index (Phi) is 8.37. The molecule has 212 valence electrons. The Labute approximate surface area is 230 Å². The summed E-state index contributed by atoms with van der Waals surface area (Å²) in [5.41, 5.74) is -0.309. The molecule has 2 aliphatic rings. The van der Waals surface area contributed by atoms with E-state index in [1.165, 1.54) is 25.3 Å². The van der Waals surface area contributed by atoms with Gasteiger partial charge in [0.1, 0.15) is 11.7 Å². The summed E-state index contributed by atoms with van der Waals surface area (Å²) in [6.07, 6.45) is -4.68. The Balaban J connectivity index is 1.99. The summed E-state index contributed by atoms with van der Waals surface area (Å²) >= 11 is 0. The molecule has 0 amide bonds. The van der Waals surface area contributed by atoms with Crippen molar-refractivity contribution in [3.8, 4) is 5.75 Å². The molecule has 0 unspecified atom stereocenters. The van der Waals surface area contributed by atoms with E-state index >= 15 is 0 Å². The van der Waals surface area contributed by atoms with Crippen LogP contribution in [0.1, 0.15) is 55.7 Å². The van der Waals surface area contributed by atoms with E-state index in [1.807, 2.05) is 0 Å². The maximum Gasteiger partial charge on any atom is 0.416 e. The fourth-order valence-corrected chi connectivity index (χ4v) is 5.60. The lowest BCUT2D eigenvalue weighted by Gasteiger charge is -2.40. The molecule has 0 aromatic heterocycles. The molecule has 4 rings (SSSR count). The number of alkyl halides is 3. The van der Waals surface area contributed by atoms with Crippen molar-refractivity contribution in [3.05, 3.63) is 87.8 Å². The summed E-state index contributed by atoms with van der Waals surface area (Å²) in [5.74, 6) is -5.46. The molecular weight excluding hydrogens is 527 g/mol. The van der Waals surface area contributed by atoms with Crippen LogP contribution in [0.3, 0.4) is 0 Å². The second-order valence-electron chi connectivity index (χ2n) is 9.44. The van der Waals surface area contributed by atoms with Gasteiger partial charge in [0.25, 0.3) is 0 Å². The largest absolute Gasteiger partial charge is 0.496 e. The molecule has 2 aromatic rings. The molecule has 1 heterocycles. The number of methoxy groups -OCH3 is 1. The first-order chi connectivity index (χ1) is 19.0. The molecule has 1 N–H and O–H groups in total. The summed E-state index contributed by atoms with van der Waals surface area (Å²) in [6.45, 7) is 4.71. The van der Waals surface area contributed by atoms with Crippen molar-refractivity contribution < 1.29 is 41.8 Å². The van der Waals surface area contributed by atoms with Gasteiger partial charge >= 0.3 is 18.1 Å². The number of ketones is 1. The molecule has 0 fully saturated rings. The Bertz CT molecular complexity index is 1390. The van der Waals surface area contributed by atoms with E-state index < -0.39 is 47.2 Å². The normalized spacial score (nSPS) is 21.0. The van der Waals surface area contributed by atoms with Gasteiger partial charge in [-0.25, -0.2) is 4.79 Å². The van der Waals surface area contributed by atoms with Crippen LogP contribution in [0.2, 0.25) is 0 Å². The molecule has 2 aromatic carbocycles. The van der Waals surface area contributed by atoms with Crippen molar-refractivity contribution in [2.45, 2.75) is 45.2 Å². The number of ether oxygens (including phenoxy) is 3. The van der Waals surface area contributed by atoms with Crippen LogP contribution in [0.25, 0.3) is 0 Å². The number of carbonyl (C=O) groups is 3. The number of dihydropyridines is 1. The molecule has 1 aliphatic heterocycles. The zero-order chi connectivity index (χ0) is 29.2. The number of Topliss-reactive ketones (excluding diaryl/α,β-unsaturated/α-hetero) is 1. The lowest BCUT2D eigenvalue weighted by molar-refractivity contribution is -0.152. The van der Waals surface area contributed by atoms with E-state index in [-0.39, 0.29) is 42.0 Å². The van der Waals surface area contributed by atoms with Crippen LogP contribution in [-0.4, -0.2) is 38.0 Å². The molecule has 10 heteroatoms. The van der Waals surface area contributed by atoms with Gasteiger partial charge in [-0.3, -0.25) is 9.59 Å². The van der Waals surface area contributed by atoms with Gasteiger partial charge in [0.2, 0.25) is 0 Å².